The van der Waals surface area contributed by atoms with Crippen LogP contribution >= 0.6 is 12.4 Å². The van der Waals surface area contributed by atoms with E-state index in [1.54, 1.807) is 122 Å². The van der Waals surface area contributed by atoms with Crippen molar-refractivity contribution in [1.29, 1.82) is 0 Å². The van der Waals surface area contributed by atoms with Gasteiger partial charge in [0.2, 0.25) is 53.0 Å². The summed E-state index contributed by atoms with van der Waals surface area (Å²) in [6.45, 7) is 20.3. The van der Waals surface area contributed by atoms with Gasteiger partial charge in [-0.05, 0) is 138 Å². The van der Waals surface area contributed by atoms with Gasteiger partial charge < -0.3 is 91.7 Å². The molecule has 4 aliphatic heterocycles. The zero-order valence-corrected chi connectivity index (χ0v) is 68.2. The number of hydrogen-bond acceptors (Lipinski definition) is 19. The molecule has 2 aromatic carbocycles. The van der Waals surface area contributed by atoms with E-state index in [1.807, 2.05) is 32.0 Å². The Morgan fingerprint density at radius 2 is 0.914 bits per heavy atom. The molecule has 8 aliphatic rings. The summed E-state index contributed by atoms with van der Waals surface area (Å²) in [5, 5.41) is 38.7. The maximum Gasteiger partial charge on any atom is 0.408 e. The molecular formula is C84H137ClN12O19. The highest BCUT2D eigenvalue weighted by atomic mass is 35.5. The van der Waals surface area contributed by atoms with E-state index in [-0.39, 0.29) is 149 Å². The quantitative estimate of drug-likeness (QED) is 0.0408. The molecule has 10 rings (SSSR count). The van der Waals surface area contributed by atoms with Gasteiger partial charge in [-0.3, -0.25) is 47.9 Å². The Morgan fingerprint density at radius 1 is 0.543 bits per heavy atom. The van der Waals surface area contributed by atoms with Crippen LogP contribution in [0.3, 0.4) is 0 Å². The molecule has 8 fully saturated rings. The van der Waals surface area contributed by atoms with E-state index in [2.05, 4.69) is 51.1 Å². The maximum atomic E-state index is 14.5. The van der Waals surface area contributed by atoms with Crippen LogP contribution in [-0.2, 0) is 71.7 Å². The second kappa shape index (κ2) is 43.8. The number of nitrogens with one attached hydrogen (secondary N) is 7. The first-order chi connectivity index (χ1) is 52.1. The fourth-order valence-electron chi connectivity index (χ4n) is 16.5. The molecule has 3 unspecified atom stereocenters. The number of piperidine rings is 2. The van der Waals surface area contributed by atoms with Gasteiger partial charge in [-0.1, -0.05) is 157 Å². The smallest absolute Gasteiger partial charge is 0.408 e. The molecule has 116 heavy (non-hydrogen) atoms. The summed E-state index contributed by atoms with van der Waals surface area (Å²) >= 11 is 0. The van der Waals surface area contributed by atoms with Gasteiger partial charge in [-0.2, -0.15) is 0 Å². The maximum absolute atomic E-state index is 14.5. The van der Waals surface area contributed by atoms with Crippen LogP contribution in [0.2, 0.25) is 0 Å². The number of carbonyl (C=O) groups excluding carboxylic acids is 12. The Labute approximate surface area is 692 Å². The third-order valence-corrected chi connectivity index (χ3v) is 22.9. The van der Waals surface area contributed by atoms with Crippen molar-refractivity contribution in [2.24, 2.45) is 63.9 Å². The first-order valence-electron chi connectivity index (χ1n) is 39.1. The van der Waals surface area contributed by atoms with Crippen molar-refractivity contribution in [2.75, 3.05) is 80.8 Å². The molecule has 4 heterocycles. The molecule has 31 nitrogen and oxygen atoms in total. The van der Waals surface area contributed by atoms with Crippen LogP contribution in [0, 0.1) is 58.2 Å². The number of ketones is 1. The van der Waals surface area contributed by atoms with Gasteiger partial charge in [-0.15, -0.1) is 12.4 Å². The van der Waals surface area contributed by atoms with E-state index in [4.69, 9.17) is 24.7 Å². The number of Topliss-reactive ketones (excluding diaryl/α,β-unsaturated/α-hetero) is 1. The summed E-state index contributed by atoms with van der Waals surface area (Å²) in [6.07, 6.45) is 6.25. The van der Waals surface area contributed by atoms with Gasteiger partial charge in [0, 0.05) is 53.1 Å². The SMILES string of the molecule is C.C.C.C.CC(C)(C)OC(=O)N[C@H](C(=O)N1C[C@H]2[C@@H]([C@H]1C(=O)NC(CC1COC1)C(O)C(=O)O)C2(C)C)C1CCCCC1.CN(C)C(=O)[C@@H](NC(=O)CN)c1ccccc1.CN(C)C(=O)[C@@H](NC(=O)CNC(=O)C(=O)C(CC1COC1)NC(=O)[C@@H]1[C@@H]2[C@H](CN1C(=O)[C@@H](NC(=O)OC(C)(C)C)C1CCCCC1)C2(C)C)c1ccccc1.Cl. The van der Waals surface area contributed by atoms with Crippen LogP contribution < -0.4 is 43.0 Å². The highest BCUT2D eigenvalue weighted by molar-refractivity contribution is 6.38. The number of halogens is 1. The zero-order valence-electron chi connectivity index (χ0n) is 67.3. The number of benzene rings is 2. The number of aliphatic hydroxyl groups is 1. The van der Waals surface area contributed by atoms with Crippen molar-refractivity contribution >= 4 is 89.5 Å². The largest absolute Gasteiger partial charge is 0.479 e. The van der Waals surface area contributed by atoms with Crippen LogP contribution in [0.15, 0.2) is 60.7 Å². The predicted molar refractivity (Wildman–Crippen MR) is 441 cm³/mol. The van der Waals surface area contributed by atoms with Crippen LogP contribution in [0.4, 0.5) is 9.59 Å². The Bertz CT molecular complexity index is 3650. The number of carboxylic acids is 1. The van der Waals surface area contributed by atoms with Crippen molar-refractivity contribution in [1.82, 2.24) is 56.8 Å². The molecule has 4 saturated heterocycles. The van der Waals surface area contributed by atoms with E-state index in [0.29, 0.717) is 45.1 Å². The minimum absolute atomic E-state index is 0. The molecule has 32 heteroatoms. The average molecular weight is 1650 g/mol. The normalized spacial score (nSPS) is 22.6. The summed E-state index contributed by atoms with van der Waals surface area (Å²) in [6, 6.07) is 10.4. The summed E-state index contributed by atoms with van der Waals surface area (Å²) in [7, 11) is 6.42. The number of fused-ring (bicyclic) bond motifs is 2. The number of ether oxygens (including phenoxy) is 4. The molecule has 11 amide bonds. The van der Waals surface area contributed by atoms with Crippen molar-refractivity contribution in [3.63, 3.8) is 0 Å². The summed E-state index contributed by atoms with van der Waals surface area (Å²) in [5.74, 6) is -7.06. The lowest BCUT2D eigenvalue weighted by Gasteiger charge is -2.38. The number of nitrogens with zero attached hydrogens (tertiary/aromatic N) is 4. The highest BCUT2D eigenvalue weighted by Crippen LogP contribution is 2.66. The van der Waals surface area contributed by atoms with Gasteiger partial charge in [0.25, 0.3) is 5.91 Å². The Morgan fingerprint density at radius 3 is 1.26 bits per heavy atom. The molecular weight excluding hydrogens is 1520 g/mol. The zero-order chi connectivity index (χ0) is 81.8. The van der Waals surface area contributed by atoms with E-state index in [1.165, 1.54) is 9.80 Å². The Hall–Kier alpha value is -8.52. The third kappa shape index (κ3) is 26.5. The number of aliphatic carboxylic acids is 1. The number of rotatable bonds is 27. The fourth-order valence-corrected chi connectivity index (χ4v) is 16.5. The molecule has 0 spiro atoms. The lowest BCUT2D eigenvalue weighted by atomic mass is 9.83. The second-order valence-electron chi connectivity index (χ2n) is 34.6. The van der Waals surface area contributed by atoms with Gasteiger partial charge in [0.1, 0.15) is 47.5 Å². The Kier molecular flexibility index (Phi) is 38.4. The van der Waals surface area contributed by atoms with Gasteiger partial charge in [0.05, 0.1) is 51.6 Å². The third-order valence-electron chi connectivity index (χ3n) is 22.9. The number of likely N-dealkylation sites (tertiary alicyclic amines) is 2. The van der Waals surface area contributed by atoms with Crippen LogP contribution in [0.25, 0.3) is 0 Å². The van der Waals surface area contributed by atoms with E-state index < -0.39 is 120 Å². The summed E-state index contributed by atoms with van der Waals surface area (Å²) in [5.41, 5.74) is 4.64. The lowest BCUT2D eigenvalue weighted by molar-refractivity contribution is -0.151. The lowest BCUT2D eigenvalue weighted by Crippen LogP contribution is -2.60. The molecule has 654 valence electrons. The number of carboxylic acid groups (broad SMARTS) is 1. The van der Waals surface area contributed by atoms with Crippen molar-refractivity contribution in [3.8, 4) is 0 Å². The standard InChI is InChI=1S/C40H58N6O9.C28H45N3O8.C12H17N3O2.4CH4.ClH/c1-39(2,3)55-38(53)44-31(25-16-12-9-13-17-25)37(52)46-20-26-29(40(26,4)5)32(46)34(49)42-27(18-23-21-54-22-23)33(48)35(50)41-19-28(47)43-30(36(51)45(6)7)24-14-10-8-11-15-24;1-27(2,3)39-26(37)30-20(16-9-7-6-8-10-16)24(34)31-12-17-19(28(17,4)5)21(31)23(33)29-18(22(32)25(35)36)11-15-13-38-14-15;1-15(2)12(17)11(14-10(16)8-13)9-6-4-3-5-7-9;;;;;/h8,10-11,14-15,23,25-27,29-32H,9,12-13,16-22H2,1-7H3,(H,41,50)(H,42,49)(H,43,47)(H,44,53);15-22,32H,6-14H2,1-5H3,(H,29,33)(H,30,37)(H,35,36);3-7,11H,8,13H2,1-2H3,(H,14,16);4*1H4;1H/t26-,27?,29-,30-,31-,32-;17-,18?,19-,20-,21-,22?;11-;;;;;/m000...../s1. The summed E-state index contributed by atoms with van der Waals surface area (Å²) < 4.78 is 21.5. The molecule has 0 bridgehead atoms. The number of nitrogens with two attached hydrogens (primary N) is 1. The van der Waals surface area contributed by atoms with Crippen molar-refractivity contribution < 1.29 is 91.5 Å². The van der Waals surface area contributed by atoms with Crippen LogP contribution in [-0.4, -0.2) is 241 Å². The number of alkyl carbamates (subject to hydrolysis) is 2. The summed E-state index contributed by atoms with van der Waals surface area (Å²) in [4.78, 5) is 176. The Balaban J connectivity index is 0.000000497. The van der Waals surface area contributed by atoms with E-state index in [9.17, 15) is 72.5 Å². The van der Waals surface area contributed by atoms with E-state index in [0.717, 1.165) is 69.8 Å². The predicted octanol–water partition coefficient (Wildman–Crippen LogP) is 6.86. The van der Waals surface area contributed by atoms with E-state index >= 15 is 0 Å². The van der Waals surface area contributed by atoms with Gasteiger partial charge in [-0.25, -0.2) is 14.4 Å². The second-order valence-corrected chi connectivity index (χ2v) is 34.6. The highest BCUT2D eigenvalue weighted by Gasteiger charge is 2.71. The topological polar surface area (TPSA) is 422 Å². The molecule has 4 saturated carbocycles. The molecule has 13 atom stereocenters. The number of aliphatic hydroxyl groups excluding tert-OH is 1. The number of carbonyl (C=O) groups is 13. The molecule has 2 aromatic rings. The number of hydrogen-bond donors (Lipinski definition) is 10. The molecule has 0 aromatic heterocycles. The van der Waals surface area contributed by atoms with Crippen molar-refractivity contribution in [3.05, 3.63) is 71.8 Å². The molecule has 4 aliphatic carbocycles. The van der Waals surface area contributed by atoms with Crippen LogP contribution in [0.5, 0.6) is 0 Å². The monoisotopic (exact) mass is 1650 g/mol. The molecule has 11 N–H and O–H groups in total. The fraction of sp³-hybridized carbons (Fsp3) is 0.702. The minimum atomic E-state index is -1.77. The first-order valence-corrected chi connectivity index (χ1v) is 39.1. The average Bonchev–Trinajstić information content (AvgIpc) is 1.53. The number of likely N-dealkylation sites (N-methyl/N-ethyl adjacent to an activating group) is 2. The molecule has 0 radical (unpaired) electrons. The minimum Gasteiger partial charge on any atom is -0.479 e. The number of amides is 11. The van der Waals surface area contributed by atoms with Crippen LogP contribution in [0.1, 0.15) is 199 Å². The first kappa shape index (κ1) is 102. The van der Waals surface area contributed by atoms with Gasteiger partial charge >= 0.3 is 18.2 Å². The van der Waals surface area contributed by atoms with Crippen molar-refractivity contribution in [2.45, 2.75) is 242 Å². The van der Waals surface area contributed by atoms with Gasteiger partial charge in [0.15, 0.2) is 6.10 Å².